The monoisotopic (exact) mass is 233 g/mol. The minimum absolute atomic E-state index is 0.715. The van der Waals surface area contributed by atoms with Gasteiger partial charge in [-0.05, 0) is 37.6 Å². The number of rotatable bonds is 6. The molecule has 17 heavy (non-hydrogen) atoms. The van der Waals surface area contributed by atoms with Crippen LogP contribution in [0.5, 0.6) is 5.75 Å². The molecule has 1 aliphatic rings. The molecule has 0 N–H and O–H groups in total. The van der Waals surface area contributed by atoms with E-state index in [2.05, 4.69) is 11.8 Å². The average Bonchev–Trinajstić information content (AvgIpc) is 3.19. The summed E-state index contributed by atoms with van der Waals surface area (Å²) in [5, 5.41) is 0. The maximum absolute atomic E-state index is 10.8. The zero-order valence-electron chi connectivity index (χ0n) is 10.5. The lowest BCUT2D eigenvalue weighted by molar-refractivity contribution is 0.112. The minimum atomic E-state index is 0.715. The summed E-state index contributed by atoms with van der Waals surface area (Å²) in [5.74, 6) is 0.870. The van der Waals surface area contributed by atoms with E-state index in [4.69, 9.17) is 4.74 Å². The number of hydrogen-bond donors (Lipinski definition) is 0. The van der Waals surface area contributed by atoms with Crippen LogP contribution in [0.3, 0.4) is 0 Å². The molecule has 1 aromatic rings. The number of aldehydes is 1. The van der Waals surface area contributed by atoms with Crippen molar-refractivity contribution in [1.82, 2.24) is 4.90 Å². The Hall–Kier alpha value is -1.35. The molecule has 3 nitrogen and oxygen atoms in total. The lowest BCUT2D eigenvalue weighted by atomic mass is 10.1. The molecule has 2 rings (SSSR count). The van der Waals surface area contributed by atoms with Gasteiger partial charge in [-0.3, -0.25) is 9.69 Å². The maximum Gasteiger partial charge on any atom is 0.150 e. The molecule has 1 saturated carbocycles. The summed E-state index contributed by atoms with van der Waals surface area (Å²) in [5.41, 5.74) is 1.82. The second-order valence-corrected chi connectivity index (χ2v) is 4.48. The number of hydrogen-bond acceptors (Lipinski definition) is 3. The highest BCUT2D eigenvalue weighted by atomic mass is 16.5. The van der Waals surface area contributed by atoms with Gasteiger partial charge in [0.1, 0.15) is 12.0 Å². The lowest BCUT2D eigenvalue weighted by Gasteiger charge is -2.21. The fourth-order valence-electron chi connectivity index (χ4n) is 2.15. The van der Waals surface area contributed by atoms with E-state index < -0.39 is 0 Å². The Morgan fingerprint density at radius 3 is 2.76 bits per heavy atom. The molecule has 0 saturated heterocycles. The van der Waals surface area contributed by atoms with Gasteiger partial charge in [-0.1, -0.05) is 6.92 Å². The summed E-state index contributed by atoms with van der Waals surface area (Å²) < 4.78 is 5.35. The first-order chi connectivity index (χ1) is 8.28. The van der Waals surface area contributed by atoms with Crippen LogP contribution in [0.15, 0.2) is 18.2 Å². The van der Waals surface area contributed by atoms with E-state index >= 15 is 0 Å². The predicted octanol–water partition coefficient (Wildman–Crippen LogP) is 2.49. The second-order valence-electron chi connectivity index (χ2n) is 4.48. The number of nitrogens with zero attached hydrogens (tertiary/aromatic N) is 1. The number of carbonyl (C=O) groups excluding carboxylic acids is 1. The van der Waals surface area contributed by atoms with Gasteiger partial charge in [-0.15, -0.1) is 0 Å². The number of benzene rings is 1. The summed E-state index contributed by atoms with van der Waals surface area (Å²) >= 11 is 0. The highest BCUT2D eigenvalue weighted by molar-refractivity contribution is 5.75. The third-order valence-electron chi connectivity index (χ3n) is 3.28. The molecule has 1 aromatic carbocycles. The van der Waals surface area contributed by atoms with Gasteiger partial charge in [0.05, 0.1) is 7.11 Å². The van der Waals surface area contributed by atoms with E-state index in [1.165, 1.54) is 12.8 Å². The minimum Gasteiger partial charge on any atom is -0.496 e. The van der Waals surface area contributed by atoms with Crippen molar-refractivity contribution in [2.75, 3.05) is 13.7 Å². The van der Waals surface area contributed by atoms with Crippen LogP contribution in [0.1, 0.15) is 35.7 Å². The first kappa shape index (κ1) is 12.1. The van der Waals surface area contributed by atoms with Crippen LogP contribution in [0, 0.1) is 0 Å². The van der Waals surface area contributed by atoms with Crippen LogP contribution in [0.25, 0.3) is 0 Å². The second kappa shape index (κ2) is 5.32. The Morgan fingerprint density at radius 1 is 1.47 bits per heavy atom. The third-order valence-corrected chi connectivity index (χ3v) is 3.28. The average molecular weight is 233 g/mol. The highest BCUT2D eigenvalue weighted by Crippen LogP contribution is 2.30. The van der Waals surface area contributed by atoms with E-state index in [0.29, 0.717) is 5.56 Å². The van der Waals surface area contributed by atoms with Crippen LogP contribution in [-0.4, -0.2) is 30.9 Å². The molecule has 1 fully saturated rings. The van der Waals surface area contributed by atoms with Crippen LogP contribution in [0.4, 0.5) is 0 Å². The molecular formula is C14H19NO2. The van der Waals surface area contributed by atoms with Gasteiger partial charge in [0.2, 0.25) is 0 Å². The first-order valence-electron chi connectivity index (χ1n) is 6.14. The summed E-state index contributed by atoms with van der Waals surface area (Å²) in [6, 6.07) is 6.32. The summed E-state index contributed by atoms with van der Waals surface area (Å²) in [7, 11) is 1.67. The molecular weight excluding hydrogens is 214 g/mol. The van der Waals surface area contributed by atoms with E-state index in [1.54, 1.807) is 13.2 Å². The fraction of sp³-hybridized carbons (Fsp3) is 0.500. The quantitative estimate of drug-likeness (QED) is 0.707. The standard InChI is InChI=1S/C14H19NO2/c1-3-15(13-5-6-13)9-12-8-11(10-16)4-7-14(12)17-2/h4,7-8,10,13H,3,5-6,9H2,1-2H3. The summed E-state index contributed by atoms with van der Waals surface area (Å²) in [6.07, 6.45) is 3.48. The van der Waals surface area contributed by atoms with Crippen molar-refractivity contribution in [3.8, 4) is 5.75 Å². The molecule has 3 heteroatoms. The van der Waals surface area contributed by atoms with Gasteiger partial charge < -0.3 is 4.74 Å². The Labute approximate surface area is 102 Å². The Balaban J connectivity index is 2.18. The SMILES string of the molecule is CCN(Cc1cc(C=O)ccc1OC)C1CC1. The van der Waals surface area contributed by atoms with Crippen molar-refractivity contribution in [1.29, 1.82) is 0 Å². The van der Waals surface area contributed by atoms with Crippen LogP contribution in [-0.2, 0) is 6.54 Å². The topological polar surface area (TPSA) is 29.5 Å². The van der Waals surface area contributed by atoms with E-state index in [-0.39, 0.29) is 0 Å². The Morgan fingerprint density at radius 2 is 2.24 bits per heavy atom. The van der Waals surface area contributed by atoms with Gasteiger partial charge in [0.15, 0.2) is 0 Å². The van der Waals surface area contributed by atoms with Gasteiger partial charge in [-0.2, -0.15) is 0 Å². The molecule has 0 radical (unpaired) electrons. The van der Waals surface area contributed by atoms with Crippen LogP contribution >= 0.6 is 0 Å². The van der Waals surface area contributed by atoms with Crippen molar-refractivity contribution in [2.45, 2.75) is 32.4 Å². The Kier molecular flexibility index (Phi) is 3.79. The molecule has 0 atom stereocenters. The molecule has 0 heterocycles. The number of carbonyl (C=O) groups is 1. The third kappa shape index (κ3) is 2.86. The first-order valence-corrected chi connectivity index (χ1v) is 6.14. The van der Waals surface area contributed by atoms with Crippen LogP contribution < -0.4 is 4.74 Å². The molecule has 0 spiro atoms. The zero-order chi connectivity index (χ0) is 12.3. The predicted molar refractivity (Wildman–Crippen MR) is 67.5 cm³/mol. The van der Waals surface area contributed by atoms with Gasteiger partial charge in [-0.25, -0.2) is 0 Å². The van der Waals surface area contributed by atoms with Crippen molar-refractivity contribution < 1.29 is 9.53 Å². The van der Waals surface area contributed by atoms with Gasteiger partial charge >= 0.3 is 0 Å². The highest BCUT2D eigenvalue weighted by Gasteiger charge is 2.28. The zero-order valence-corrected chi connectivity index (χ0v) is 10.5. The molecule has 0 bridgehead atoms. The largest absolute Gasteiger partial charge is 0.496 e. The molecule has 92 valence electrons. The van der Waals surface area contributed by atoms with Crippen LogP contribution in [0.2, 0.25) is 0 Å². The van der Waals surface area contributed by atoms with Crippen molar-refractivity contribution in [3.63, 3.8) is 0 Å². The van der Waals surface area contributed by atoms with Gasteiger partial charge in [0, 0.05) is 23.7 Å². The smallest absolute Gasteiger partial charge is 0.150 e. The normalized spacial score (nSPS) is 15.0. The maximum atomic E-state index is 10.8. The lowest BCUT2D eigenvalue weighted by Crippen LogP contribution is -2.25. The Bertz CT molecular complexity index is 399. The fourth-order valence-corrected chi connectivity index (χ4v) is 2.15. The molecule has 0 amide bonds. The van der Waals surface area contributed by atoms with E-state index in [1.807, 2.05) is 12.1 Å². The van der Waals surface area contributed by atoms with E-state index in [0.717, 1.165) is 36.7 Å². The summed E-state index contributed by atoms with van der Waals surface area (Å²) in [6.45, 7) is 4.08. The number of ether oxygens (including phenoxy) is 1. The van der Waals surface area contributed by atoms with E-state index in [9.17, 15) is 4.79 Å². The van der Waals surface area contributed by atoms with Crippen molar-refractivity contribution >= 4 is 6.29 Å². The van der Waals surface area contributed by atoms with Crippen molar-refractivity contribution in [2.24, 2.45) is 0 Å². The van der Waals surface area contributed by atoms with Crippen molar-refractivity contribution in [3.05, 3.63) is 29.3 Å². The summed E-state index contributed by atoms with van der Waals surface area (Å²) in [4.78, 5) is 13.2. The molecule has 0 aromatic heterocycles. The van der Waals surface area contributed by atoms with Gasteiger partial charge in [0.25, 0.3) is 0 Å². The molecule has 0 aliphatic heterocycles. The molecule has 1 aliphatic carbocycles. The number of methoxy groups -OCH3 is 1. The molecule has 0 unspecified atom stereocenters.